The minimum atomic E-state index is -3.91. The molecule has 0 aliphatic rings. The first-order valence-corrected chi connectivity index (χ1v) is 13.7. The van der Waals surface area contributed by atoms with Crippen LogP contribution in [0.15, 0.2) is 42.5 Å². The standard InChI is InChI=1S/C24H31Cl2N3O5S/c1-5-6-13-27-24(31)17(2)28(15-18-9-7-10-19(14-18)34-3)22(30)16-29(35(4,32)33)21-12-8-11-20(25)23(21)26/h7-12,14,17H,5-6,13,15-16H2,1-4H3,(H,27,31)/t17-/m1/s1. The van der Waals surface area contributed by atoms with Crippen LogP contribution in [-0.4, -0.2) is 57.6 Å². The van der Waals surface area contributed by atoms with Crippen molar-refractivity contribution in [3.8, 4) is 5.75 Å². The second-order valence-electron chi connectivity index (χ2n) is 8.04. The quantitative estimate of drug-likeness (QED) is 0.406. The van der Waals surface area contributed by atoms with Crippen LogP contribution < -0.4 is 14.4 Å². The Balaban J connectivity index is 2.41. The Hall–Kier alpha value is -2.49. The molecule has 2 rings (SSSR count). The van der Waals surface area contributed by atoms with Gasteiger partial charge in [-0.05, 0) is 43.2 Å². The van der Waals surface area contributed by atoms with Gasteiger partial charge in [0.1, 0.15) is 18.3 Å². The number of unbranched alkanes of at least 4 members (excludes halogenated alkanes) is 1. The van der Waals surface area contributed by atoms with Crippen molar-refractivity contribution < 1.29 is 22.7 Å². The lowest BCUT2D eigenvalue weighted by Gasteiger charge is -2.31. The summed E-state index contributed by atoms with van der Waals surface area (Å²) < 4.78 is 31.4. The lowest BCUT2D eigenvalue weighted by atomic mass is 10.1. The Morgan fingerprint density at radius 1 is 1.14 bits per heavy atom. The molecule has 0 heterocycles. The van der Waals surface area contributed by atoms with Crippen LogP contribution in [0.3, 0.4) is 0 Å². The van der Waals surface area contributed by atoms with Crippen LogP contribution in [0.4, 0.5) is 5.69 Å². The van der Waals surface area contributed by atoms with Gasteiger partial charge in [-0.2, -0.15) is 0 Å². The average Bonchev–Trinajstić information content (AvgIpc) is 2.82. The molecule has 0 aliphatic heterocycles. The van der Waals surface area contributed by atoms with Crippen molar-refractivity contribution in [3.63, 3.8) is 0 Å². The summed E-state index contributed by atoms with van der Waals surface area (Å²) in [6.45, 7) is 3.61. The number of halogens is 2. The molecule has 35 heavy (non-hydrogen) atoms. The number of hydrogen-bond donors (Lipinski definition) is 1. The number of methoxy groups -OCH3 is 1. The first-order chi connectivity index (χ1) is 16.5. The molecule has 1 atom stereocenters. The minimum Gasteiger partial charge on any atom is -0.497 e. The van der Waals surface area contributed by atoms with E-state index in [1.165, 1.54) is 24.1 Å². The number of amides is 2. The molecule has 2 aromatic carbocycles. The van der Waals surface area contributed by atoms with Gasteiger partial charge in [-0.3, -0.25) is 13.9 Å². The second-order valence-corrected chi connectivity index (χ2v) is 10.7. The van der Waals surface area contributed by atoms with E-state index >= 15 is 0 Å². The van der Waals surface area contributed by atoms with Gasteiger partial charge in [0.05, 0.1) is 29.1 Å². The van der Waals surface area contributed by atoms with E-state index < -0.39 is 28.5 Å². The summed E-state index contributed by atoms with van der Waals surface area (Å²) in [6, 6.07) is 10.8. The zero-order valence-corrected chi connectivity index (χ0v) is 22.6. The topological polar surface area (TPSA) is 96.0 Å². The maximum Gasteiger partial charge on any atom is 0.244 e. The van der Waals surface area contributed by atoms with Gasteiger partial charge in [-0.15, -0.1) is 0 Å². The smallest absolute Gasteiger partial charge is 0.244 e. The van der Waals surface area contributed by atoms with Crippen LogP contribution in [0.2, 0.25) is 10.0 Å². The minimum absolute atomic E-state index is 0.0112. The van der Waals surface area contributed by atoms with E-state index in [0.717, 1.165) is 29.0 Å². The Morgan fingerprint density at radius 2 is 1.83 bits per heavy atom. The third-order valence-corrected chi connectivity index (χ3v) is 7.30. The Morgan fingerprint density at radius 3 is 2.46 bits per heavy atom. The number of carbonyl (C=O) groups excluding carboxylic acids is 2. The molecule has 192 valence electrons. The van der Waals surface area contributed by atoms with E-state index in [1.807, 2.05) is 6.92 Å². The van der Waals surface area contributed by atoms with Crippen molar-refractivity contribution in [2.45, 2.75) is 39.3 Å². The molecular formula is C24H31Cl2N3O5S. The maximum absolute atomic E-state index is 13.5. The van der Waals surface area contributed by atoms with Crippen molar-refractivity contribution in [2.24, 2.45) is 0 Å². The Kier molecular flexibility index (Phi) is 10.7. The third kappa shape index (κ3) is 8.02. The van der Waals surface area contributed by atoms with Crippen LogP contribution in [-0.2, 0) is 26.2 Å². The molecule has 0 aliphatic carbocycles. The first kappa shape index (κ1) is 28.7. The highest BCUT2D eigenvalue weighted by Crippen LogP contribution is 2.33. The molecule has 0 bridgehead atoms. The summed E-state index contributed by atoms with van der Waals surface area (Å²) in [5.41, 5.74) is 0.800. The number of rotatable bonds is 12. The highest BCUT2D eigenvalue weighted by atomic mass is 35.5. The SMILES string of the molecule is CCCCNC(=O)[C@@H](C)N(Cc1cccc(OC)c1)C(=O)CN(c1cccc(Cl)c1Cl)S(C)(=O)=O. The highest BCUT2D eigenvalue weighted by molar-refractivity contribution is 7.92. The van der Waals surface area contributed by atoms with Gasteiger partial charge in [0, 0.05) is 13.1 Å². The number of sulfonamides is 1. The molecule has 0 aromatic heterocycles. The van der Waals surface area contributed by atoms with E-state index in [0.29, 0.717) is 12.3 Å². The van der Waals surface area contributed by atoms with Gasteiger partial charge in [0.2, 0.25) is 21.8 Å². The molecule has 0 radical (unpaired) electrons. The number of hydrogen-bond acceptors (Lipinski definition) is 5. The van der Waals surface area contributed by atoms with Crippen LogP contribution in [0.25, 0.3) is 0 Å². The lowest BCUT2D eigenvalue weighted by molar-refractivity contribution is -0.139. The average molecular weight is 545 g/mol. The van der Waals surface area contributed by atoms with E-state index in [1.54, 1.807) is 37.3 Å². The van der Waals surface area contributed by atoms with Crippen LogP contribution in [0, 0.1) is 0 Å². The van der Waals surface area contributed by atoms with Gasteiger partial charge in [0.15, 0.2) is 0 Å². The van der Waals surface area contributed by atoms with Gasteiger partial charge in [0.25, 0.3) is 0 Å². The van der Waals surface area contributed by atoms with E-state index in [9.17, 15) is 18.0 Å². The summed E-state index contributed by atoms with van der Waals surface area (Å²) in [5, 5.41) is 3.00. The largest absolute Gasteiger partial charge is 0.497 e. The number of benzene rings is 2. The normalized spacial score (nSPS) is 12.1. The number of carbonyl (C=O) groups is 2. The number of nitrogens with zero attached hydrogens (tertiary/aromatic N) is 2. The summed E-state index contributed by atoms with van der Waals surface area (Å²) in [7, 11) is -2.38. The molecule has 0 saturated carbocycles. The summed E-state index contributed by atoms with van der Waals surface area (Å²) in [5.74, 6) is -0.313. The number of anilines is 1. The predicted molar refractivity (Wildman–Crippen MR) is 140 cm³/mol. The number of ether oxygens (including phenoxy) is 1. The summed E-state index contributed by atoms with van der Waals surface area (Å²) in [6.07, 6.45) is 2.69. The molecule has 11 heteroatoms. The molecule has 1 N–H and O–H groups in total. The summed E-state index contributed by atoms with van der Waals surface area (Å²) in [4.78, 5) is 27.7. The second kappa shape index (κ2) is 13.0. The van der Waals surface area contributed by atoms with Gasteiger partial charge >= 0.3 is 0 Å². The highest BCUT2D eigenvalue weighted by Gasteiger charge is 2.31. The van der Waals surface area contributed by atoms with Gasteiger partial charge in [-0.1, -0.05) is 54.7 Å². The van der Waals surface area contributed by atoms with E-state index in [4.69, 9.17) is 27.9 Å². The van der Waals surface area contributed by atoms with E-state index in [-0.39, 0.29) is 28.2 Å². The molecule has 0 fully saturated rings. The molecule has 8 nitrogen and oxygen atoms in total. The molecule has 2 amide bonds. The lowest BCUT2D eigenvalue weighted by Crippen LogP contribution is -2.51. The predicted octanol–water partition coefficient (Wildman–Crippen LogP) is 4.10. The molecular weight excluding hydrogens is 513 g/mol. The zero-order valence-electron chi connectivity index (χ0n) is 20.3. The fourth-order valence-electron chi connectivity index (χ4n) is 3.37. The van der Waals surface area contributed by atoms with Gasteiger partial charge < -0.3 is 15.0 Å². The molecule has 2 aromatic rings. The summed E-state index contributed by atoms with van der Waals surface area (Å²) >= 11 is 12.3. The van der Waals surface area contributed by atoms with Crippen LogP contribution in [0.1, 0.15) is 32.3 Å². The zero-order chi connectivity index (χ0) is 26.2. The molecule has 0 unspecified atom stereocenters. The van der Waals surface area contributed by atoms with Crippen molar-refractivity contribution in [2.75, 3.05) is 30.8 Å². The fraction of sp³-hybridized carbons (Fsp3) is 0.417. The maximum atomic E-state index is 13.5. The van der Waals surface area contributed by atoms with Gasteiger partial charge in [-0.25, -0.2) is 8.42 Å². The van der Waals surface area contributed by atoms with Crippen molar-refractivity contribution >= 4 is 50.7 Å². The van der Waals surface area contributed by atoms with Crippen LogP contribution >= 0.6 is 23.2 Å². The number of nitrogens with one attached hydrogen (secondary N) is 1. The fourth-order valence-corrected chi connectivity index (χ4v) is 4.67. The van der Waals surface area contributed by atoms with Crippen molar-refractivity contribution in [1.29, 1.82) is 0 Å². The van der Waals surface area contributed by atoms with E-state index in [2.05, 4.69) is 5.32 Å². The van der Waals surface area contributed by atoms with Crippen LogP contribution in [0.5, 0.6) is 5.75 Å². The Labute approximate surface area is 217 Å². The Bertz CT molecular complexity index is 1140. The van der Waals surface area contributed by atoms with Crippen molar-refractivity contribution in [3.05, 3.63) is 58.1 Å². The molecule has 0 spiro atoms. The van der Waals surface area contributed by atoms with Crippen molar-refractivity contribution in [1.82, 2.24) is 10.2 Å². The molecule has 0 saturated heterocycles. The first-order valence-electron chi connectivity index (χ1n) is 11.1. The monoisotopic (exact) mass is 543 g/mol. The third-order valence-electron chi connectivity index (χ3n) is 5.36.